The van der Waals surface area contributed by atoms with Gasteiger partial charge in [0, 0.05) is 10.3 Å². The van der Waals surface area contributed by atoms with Gasteiger partial charge in [-0.3, -0.25) is 0 Å². The second kappa shape index (κ2) is 3.44. The van der Waals surface area contributed by atoms with E-state index >= 15 is 0 Å². The van der Waals surface area contributed by atoms with Crippen LogP contribution in [-0.4, -0.2) is 8.42 Å². The number of primary sulfonamides is 1. The molecule has 0 saturated heterocycles. The highest BCUT2D eigenvalue weighted by molar-refractivity contribution is 7.89. The van der Waals surface area contributed by atoms with Crippen molar-refractivity contribution in [3.63, 3.8) is 0 Å². The highest BCUT2D eigenvalue weighted by Crippen LogP contribution is 2.24. The Bertz CT molecular complexity index is 620. The summed E-state index contributed by atoms with van der Waals surface area (Å²) < 4.78 is 22.6. The first-order chi connectivity index (χ1) is 6.98. The molecule has 0 aliphatic rings. The highest BCUT2D eigenvalue weighted by atomic mass is 32.2. The summed E-state index contributed by atoms with van der Waals surface area (Å²) in [6, 6.07) is 10.1. The molecule has 0 aromatic heterocycles. The molecule has 0 aliphatic heterocycles. The van der Waals surface area contributed by atoms with Gasteiger partial charge in [0.2, 0.25) is 10.0 Å². The largest absolute Gasteiger partial charge is 0.238 e. The molecule has 15 heavy (non-hydrogen) atoms. The van der Waals surface area contributed by atoms with Crippen molar-refractivity contribution in [3.05, 3.63) is 36.4 Å². The third-order valence-corrected chi connectivity index (χ3v) is 3.34. The van der Waals surface area contributed by atoms with E-state index in [1.54, 1.807) is 30.3 Å². The average molecular weight is 238 g/mol. The van der Waals surface area contributed by atoms with Crippen LogP contribution in [0.5, 0.6) is 0 Å². The van der Waals surface area contributed by atoms with Crippen LogP contribution in [0.1, 0.15) is 0 Å². The van der Waals surface area contributed by atoms with E-state index in [-0.39, 0.29) is 4.90 Å². The number of hydrogen-bond donors (Lipinski definition) is 1. The fourth-order valence-electron chi connectivity index (χ4n) is 1.48. The number of nitrogens with two attached hydrogens (primary N) is 1. The lowest BCUT2D eigenvalue weighted by atomic mass is 10.1. The van der Waals surface area contributed by atoms with E-state index < -0.39 is 10.0 Å². The molecule has 5 heteroatoms. The van der Waals surface area contributed by atoms with Gasteiger partial charge in [0.1, 0.15) is 0 Å². The molecule has 2 aromatic rings. The number of fused-ring (bicyclic) bond motifs is 1. The summed E-state index contributed by atoms with van der Waals surface area (Å²) in [4.78, 5) is 0.809. The van der Waals surface area contributed by atoms with Crippen molar-refractivity contribution in [3.8, 4) is 0 Å². The predicted molar refractivity (Wildman–Crippen MR) is 61.2 cm³/mol. The summed E-state index contributed by atoms with van der Waals surface area (Å²) in [5, 5.41) is 6.50. The second-order valence-electron chi connectivity index (χ2n) is 3.18. The van der Waals surface area contributed by atoms with Crippen molar-refractivity contribution >= 4 is 33.4 Å². The van der Waals surface area contributed by atoms with E-state index in [0.717, 1.165) is 5.39 Å². The molecule has 0 fully saturated rings. The molecule has 3 nitrogen and oxygen atoms in total. The van der Waals surface area contributed by atoms with Gasteiger partial charge in [0.05, 0.1) is 4.90 Å². The van der Waals surface area contributed by atoms with Gasteiger partial charge in [0.25, 0.3) is 0 Å². The molecule has 0 aliphatic carbocycles. The molecule has 2 N–H and O–H groups in total. The van der Waals surface area contributed by atoms with Crippen molar-refractivity contribution in [2.24, 2.45) is 5.14 Å². The van der Waals surface area contributed by atoms with Crippen LogP contribution >= 0.6 is 12.6 Å². The fraction of sp³-hybridized carbons (Fsp3) is 0. The van der Waals surface area contributed by atoms with Crippen LogP contribution in [0.15, 0.2) is 46.2 Å². The van der Waals surface area contributed by atoms with Gasteiger partial charge in [0.15, 0.2) is 0 Å². The number of hydrogen-bond acceptors (Lipinski definition) is 2. The first kappa shape index (κ1) is 10.4. The minimum atomic E-state index is -3.68. The van der Waals surface area contributed by atoms with E-state index in [9.17, 15) is 8.42 Å². The summed E-state index contributed by atoms with van der Waals surface area (Å²) in [7, 11) is -3.68. The maximum Gasteiger partial charge on any atom is 0.238 e. The SMILES string of the molecule is NS(=O)(=O)c1cccc2cc([S])ccc12. The summed E-state index contributed by atoms with van der Waals surface area (Å²) in [5.74, 6) is 0. The van der Waals surface area contributed by atoms with E-state index in [0.29, 0.717) is 10.3 Å². The molecule has 0 atom stereocenters. The van der Waals surface area contributed by atoms with Gasteiger partial charge >= 0.3 is 0 Å². The Hall–Kier alpha value is -1.17. The van der Waals surface area contributed by atoms with Crippen LogP contribution in [-0.2, 0) is 10.0 Å². The normalized spacial score (nSPS) is 11.8. The molecule has 0 heterocycles. The zero-order valence-corrected chi connectivity index (χ0v) is 9.31. The topological polar surface area (TPSA) is 60.2 Å². The first-order valence-electron chi connectivity index (χ1n) is 4.21. The van der Waals surface area contributed by atoms with Crippen LogP contribution < -0.4 is 5.14 Å². The molecule has 0 saturated carbocycles. The van der Waals surface area contributed by atoms with Crippen LogP contribution in [0, 0.1) is 0 Å². The first-order valence-corrected chi connectivity index (χ1v) is 6.16. The summed E-state index contributed by atoms with van der Waals surface area (Å²) in [6.45, 7) is 0. The zero-order valence-electron chi connectivity index (χ0n) is 7.67. The van der Waals surface area contributed by atoms with Crippen molar-refractivity contribution in [2.75, 3.05) is 0 Å². The average Bonchev–Trinajstić information content (AvgIpc) is 2.15. The lowest BCUT2D eigenvalue weighted by molar-refractivity contribution is 0.598. The number of rotatable bonds is 1. The van der Waals surface area contributed by atoms with Crippen molar-refractivity contribution < 1.29 is 8.42 Å². The minimum absolute atomic E-state index is 0.134. The Morgan fingerprint density at radius 2 is 1.87 bits per heavy atom. The van der Waals surface area contributed by atoms with E-state index in [2.05, 4.69) is 0 Å². The van der Waals surface area contributed by atoms with Crippen molar-refractivity contribution in [2.45, 2.75) is 9.79 Å². The lowest BCUT2D eigenvalue weighted by Crippen LogP contribution is -2.12. The third-order valence-electron chi connectivity index (χ3n) is 2.12. The Morgan fingerprint density at radius 1 is 1.13 bits per heavy atom. The zero-order chi connectivity index (χ0) is 11.1. The maximum absolute atomic E-state index is 11.3. The standard InChI is InChI=1S/C10H8NO2S2/c11-15(12,13)10-3-1-2-7-6-8(14)4-5-9(7)10/h1-6H,(H2,11,12,13). The Morgan fingerprint density at radius 3 is 2.53 bits per heavy atom. The van der Waals surface area contributed by atoms with Crippen LogP contribution in [0.25, 0.3) is 10.8 Å². The molecule has 0 amide bonds. The fourth-order valence-corrected chi connectivity index (χ4v) is 2.44. The Kier molecular flexibility index (Phi) is 2.38. The van der Waals surface area contributed by atoms with Crippen LogP contribution in [0.4, 0.5) is 0 Å². The summed E-state index contributed by atoms with van der Waals surface area (Å²) in [6.07, 6.45) is 0. The molecule has 2 aromatic carbocycles. The third kappa shape index (κ3) is 1.94. The second-order valence-corrected chi connectivity index (χ2v) is 5.19. The highest BCUT2D eigenvalue weighted by Gasteiger charge is 2.11. The number of sulfonamides is 1. The van der Waals surface area contributed by atoms with Crippen LogP contribution in [0.2, 0.25) is 0 Å². The molecule has 1 radical (unpaired) electrons. The van der Waals surface area contributed by atoms with Gasteiger partial charge in [-0.05, 0) is 23.6 Å². The van der Waals surface area contributed by atoms with E-state index in [1.807, 2.05) is 0 Å². The lowest BCUT2D eigenvalue weighted by Gasteiger charge is -2.04. The Balaban J connectivity index is 2.89. The number of benzene rings is 2. The molecule has 77 valence electrons. The quantitative estimate of drug-likeness (QED) is 0.826. The van der Waals surface area contributed by atoms with Gasteiger partial charge < -0.3 is 0 Å². The van der Waals surface area contributed by atoms with Gasteiger partial charge in [-0.15, -0.1) is 0 Å². The molecule has 2 rings (SSSR count). The molecular weight excluding hydrogens is 230 g/mol. The van der Waals surface area contributed by atoms with Crippen molar-refractivity contribution in [1.82, 2.24) is 0 Å². The Labute approximate surface area is 93.4 Å². The van der Waals surface area contributed by atoms with Crippen molar-refractivity contribution in [1.29, 1.82) is 0 Å². The van der Waals surface area contributed by atoms with Crippen LogP contribution in [0.3, 0.4) is 0 Å². The van der Waals surface area contributed by atoms with Gasteiger partial charge in [-0.25, -0.2) is 13.6 Å². The molecular formula is C10H8NO2S2. The van der Waals surface area contributed by atoms with E-state index in [4.69, 9.17) is 17.8 Å². The predicted octanol–water partition coefficient (Wildman–Crippen LogP) is 2.04. The monoisotopic (exact) mass is 238 g/mol. The smallest absolute Gasteiger partial charge is 0.225 e. The summed E-state index contributed by atoms with van der Waals surface area (Å²) >= 11 is 5.00. The summed E-state index contributed by atoms with van der Waals surface area (Å²) in [5.41, 5.74) is 0. The van der Waals surface area contributed by atoms with Gasteiger partial charge in [-0.1, -0.05) is 30.8 Å². The maximum atomic E-state index is 11.3. The molecule has 0 bridgehead atoms. The molecule has 0 spiro atoms. The van der Waals surface area contributed by atoms with Gasteiger partial charge in [-0.2, -0.15) is 0 Å². The minimum Gasteiger partial charge on any atom is -0.225 e. The van der Waals surface area contributed by atoms with E-state index in [1.165, 1.54) is 6.07 Å². The molecule has 0 unspecified atom stereocenters.